The minimum Gasteiger partial charge on any atom is -0.302 e. The molecule has 1 aromatic rings. The van der Waals surface area contributed by atoms with Crippen LogP contribution in [0, 0.1) is 0 Å². The number of carbonyl (C=O) groups is 1. The topological polar surface area (TPSA) is 72.3 Å². The molecular weight excluding hydrogens is 242 g/mol. The van der Waals surface area contributed by atoms with Crippen LogP contribution in [0.5, 0.6) is 0 Å². The summed E-state index contributed by atoms with van der Waals surface area (Å²) in [6.45, 7) is 0.400. The lowest BCUT2D eigenvalue weighted by Gasteiger charge is -2.30. The lowest BCUT2D eigenvalue weighted by molar-refractivity contribution is -0.111. The third kappa shape index (κ3) is 2.12. The molecule has 0 N–H and O–H groups in total. The molecular formula is C10H15N3O3S. The average Bonchev–Trinajstić information content (AvgIpc) is 2.76. The Balaban J connectivity index is 2.38. The number of aromatic nitrogens is 2. The van der Waals surface area contributed by atoms with Gasteiger partial charge in [-0.1, -0.05) is 6.42 Å². The normalized spacial score (nSPS) is 22.5. The van der Waals surface area contributed by atoms with Gasteiger partial charge in [-0.25, -0.2) is 8.42 Å². The highest BCUT2D eigenvalue weighted by Gasteiger charge is 2.34. The highest BCUT2D eigenvalue weighted by Crippen LogP contribution is 2.23. The van der Waals surface area contributed by atoms with E-state index in [9.17, 15) is 13.2 Å². The highest BCUT2D eigenvalue weighted by molar-refractivity contribution is 7.89. The van der Waals surface area contributed by atoms with Crippen molar-refractivity contribution >= 4 is 16.3 Å². The fourth-order valence-electron chi connectivity index (χ4n) is 2.10. The maximum atomic E-state index is 12.3. The number of sulfonamides is 1. The van der Waals surface area contributed by atoms with Gasteiger partial charge in [0.25, 0.3) is 10.0 Å². The van der Waals surface area contributed by atoms with Crippen LogP contribution in [0.25, 0.3) is 0 Å². The monoisotopic (exact) mass is 257 g/mol. The van der Waals surface area contributed by atoms with E-state index in [2.05, 4.69) is 5.10 Å². The molecule has 0 aliphatic carbocycles. The van der Waals surface area contributed by atoms with Gasteiger partial charge in [0.2, 0.25) is 0 Å². The maximum Gasteiger partial charge on any atom is 0.260 e. The van der Waals surface area contributed by atoms with Crippen LogP contribution in [0.2, 0.25) is 0 Å². The summed E-state index contributed by atoms with van der Waals surface area (Å²) in [4.78, 5) is 10.9. The van der Waals surface area contributed by atoms with Gasteiger partial charge < -0.3 is 4.79 Å². The van der Waals surface area contributed by atoms with Gasteiger partial charge >= 0.3 is 0 Å². The molecule has 2 rings (SSSR count). The zero-order valence-electron chi connectivity index (χ0n) is 9.61. The molecule has 0 radical (unpaired) electrons. The first kappa shape index (κ1) is 12.3. The summed E-state index contributed by atoms with van der Waals surface area (Å²) in [7, 11) is -2.03. The zero-order valence-corrected chi connectivity index (χ0v) is 10.4. The van der Waals surface area contributed by atoms with Crippen molar-refractivity contribution in [3.63, 3.8) is 0 Å². The van der Waals surface area contributed by atoms with Crippen LogP contribution >= 0.6 is 0 Å². The lowest BCUT2D eigenvalue weighted by atomic mass is 10.1. The summed E-state index contributed by atoms with van der Waals surface area (Å²) < 4.78 is 27.3. The van der Waals surface area contributed by atoms with E-state index in [1.54, 1.807) is 7.05 Å². The van der Waals surface area contributed by atoms with Gasteiger partial charge in [-0.15, -0.1) is 0 Å². The maximum absolute atomic E-state index is 12.3. The van der Waals surface area contributed by atoms with Crippen molar-refractivity contribution in [1.29, 1.82) is 0 Å². The second kappa shape index (κ2) is 4.58. The zero-order chi connectivity index (χ0) is 12.5. The fourth-order valence-corrected chi connectivity index (χ4v) is 3.84. The Morgan fingerprint density at radius 3 is 2.82 bits per heavy atom. The molecule has 1 aliphatic rings. The number of hydrogen-bond acceptors (Lipinski definition) is 4. The fraction of sp³-hybridized carbons (Fsp3) is 0.600. The molecule has 0 saturated carbocycles. The van der Waals surface area contributed by atoms with Crippen LogP contribution in [0.15, 0.2) is 17.3 Å². The van der Waals surface area contributed by atoms with Gasteiger partial charge in [-0.05, 0) is 18.9 Å². The first-order chi connectivity index (χ1) is 8.07. The molecule has 0 amide bonds. The van der Waals surface area contributed by atoms with Gasteiger partial charge in [-0.2, -0.15) is 9.40 Å². The van der Waals surface area contributed by atoms with E-state index in [1.807, 2.05) is 0 Å². The Bertz CT molecular complexity index is 509. The molecule has 1 unspecified atom stereocenters. The van der Waals surface area contributed by atoms with Crippen molar-refractivity contribution in [1.82, 2.24) is 14.1 Å². The van der Waals surface area contributed by atoms with Crippen molar-refractivity contribution in [2.75, 3.05) is 6.54 Å². The molecule has 7 heteroatoms. The molecule has 0 aromatic carbocycles. The van der Waals surface area contributed by atoms with E-state index < -0.39 is 16.1 Å². The predicted octanol–water partition coefficient (Wildman–Crippen LogP) is 0.162. The molecule has 2 heterocycles. The Labute approximate surface area is 100 Å². The number of rotatable bonds is 3. The standard InChI is InChI=1S/C10H15N3O3S/c1-12-10(5-6-11-12)17(15,16)13-7-3-2-4-9(13)8-14/h5-6,8-9H,2-4,7H2,1H3. The van der Waals surface area contributed by atoms with E-state index in [0.717, 1.165) is 12.8 Å². The first-order valence-corrected chi connectivity index (χ1v) is 6.96. The lowest BCUT2D eigenvalue weighted by Crippen LogP contribution is -2.45. The molecule has 6 nitrogen and oxygen atoms in total. The van der Waals surface area contributed by atoms with Crippen LogP contribution < -0.4 is 0 Å². The second-order valence-electron chi connectivity index (χ2n) is 4.11. The minimum absolute atomic E-state index is 0.131. The summed E-state index contributed by atoms with van der Waals surface area (Å²) in [5.41, 5.74) is 0. The molecule has 94 valence electrons. The summed E-state index contributed by atoms with van der Waals surface area (Å²) >= 11 is 0. The van der Waals surface area contributed by atoms with E-state index in [4.69, 9.17) is 0 Å². The van der Waals surface area contributed by atoms with Crippen LogP contribution in [0.4, 0.5) is 0 Å². The number of hydrogen-bond donors (Lipinski definition) is 0. The van der Waals surface area contributed by atoms with E-state index in [-0.39, 0.29) is 5.03 Å². The Hall–Kier alpha value is -1.21. The van der Waals surface area contributed by atoms with E-state index in [0.29, 0.717) is 19.3 Å². The Morgan fingerprint density at radius 1 is 1.47 bits per heavy atom. The van der Waals surface area contributed by atoms with Gasteiger partial charge in [0, 0.05) is 13.6 Å². The molecule has 0 spiro atoms. The molecule has 1 atom stereocenters. The summed E-state index contributed by atoms with van der Waals surface area (Å²) in [5, 5.41) is 3.98. The van der Waals surface area contributed by atoms with Gasteiger partial charge in [0.15, 0.2) is 5.03 Å². The van der Waals surface area contributed by atoms with Crippen molar-refractivity contribution in [2.45, 2.75) is 30.3 Å². The average molecular weight is 257 g/mol. The van der Waals surface area contributed by atoms with Crippen LogP contribution in [0.3, 0.4) is 0 Å². The summed E-state index contributed by atoms with van der Waals surface area (Å²) in [6, 6.07) is 0.912. The van der Waals surface area contributed by atoms with Gasteiger partial charge in [0.1, 0.15) is 6.29 Å². The second-order valence-corrected chi connectivity index (χ2v) is 5.95. The third-order valence-electron chi connectivity index (χ3n) is 3.00. The molecule has 1 aromatic heterocycles. The number of piperidine rings is 1. The minimum atomic E-state index is -3.61. The largest absolute Gasteiger partial charge is 0.302 e. The quantitative estimate of drug-likeness (QED) is 0.723. The Morgan fingerprint density at radius 2 is 2.24 bits per heavy atom. The third-order valence-corrected chi connectivity index (χ3v) is 5.00. The van der Waals surface area contributed by atoms with Crippen LogP contribution in [-0.2, 0) is 21.9 Å². The van der Waals surface area contributed by atoms with Crippen molar-refractivity contribution < 1.29 is 13.2 Å². The molecule has 17 heavy (non-hydrogen) atoms. The number of carbonyl (C=O) groups excluding carboxylic acids is 1. The predicted molar refractivity (Wildman–Crippen MR) is 60.8 cm³/mol. The number of aryl methyl sites for hydroxylation is 1. The van der Waals surface area contributed by atoms with Gasteiger partial charge in [-0.3, -0.25) is 4.68 Å². The highest BCUT2D eigenvalue weighted by atomic mass is 32.2. The van der Waals surface area contributed by atoms with E-state index >= 15 is 0 Å². The smallest absolute Gasteiger partial charge is 0.260 e. The number of aldehydes is 1. The Kier molecular flexibility index (Phi) is 3.30. The van der Waals surface area contributed by atoms with Crippen LogP contribution in [-0.4, -0.2) is 41.4 Å². The molecule has 0 bridgehead atoms. The molecule has 1 saturated heterocycles. The molecule has 1 aliphatic heterocycles. The first-order valence-electron chi connectivity index (χ1n) is 5.52. The van der Waals surface area contributed by atoms with Crippen molar-refractivity contribution in [2.24, 2.45) is 7.05 Å². The van der Waals surface area contributed by atoms with Crippen molar-refractivity contribution in [3.8, 4) is 0 Å². The van der Waals surface area contributed by atoms with Crippen molar-refractivity contribution in [3.05, 3.63) is 12.3 Å². The summed E-state index contributed by atoms with van der Waals surface area (Å²) in [6.07, 6.45) is 4.43. The van der Waals surface area contributed by atoms with E-state index in [1.165, 1.54) is 21.3 Å². The summed E-state index contributed by atoms with van der Waals surface area (Å²) in [5.74, 6) is 0. The van der Waals surface area contributed by atoms with Gasteiger partial charge in [0.05, 0.1) is 12.2 Å². The van der Waals surface area contributed by atoms with Crippen LogP contribution in [0.1, 0.15) is 19.3 Å². The molecule has 1 fully saturated rings. The number of nitrogens with zero attached hydrogens (tertiary/aromatic N) is 3. The SMILES string of the molecule is Cn1nccc1S(=O)(=O)N1CCCCC1C=O.